The van der Waals surface area contributed by atoms with Crippen molar-refractivity contribution < 1.29 is 0 Å². The van der Waals surface area contributed by atoms with Gasteiger partial charge in [-0.25, -0.2) is 9.97 Å². The number of nitriles is 1. The van der Waals surface area contributed by atoms with E-state index in [-0.39, 0.29) is 0 Å². The van der Waals surface area contributed by atoms with Gasteiger partial charge < -0.3 is 10.6 Å². The number of thiazole rings is 1. The van der Waals surface area contributed by atoms with Crippen molar-refractivity contribution in [2.24, 2.45) is 0 Å². The van der Waals surface area contributed by atoms with Crippen LogP contribution in [-0.4, -0.2) is 25.6 Å². The molecular formula is C19H15N7S. The van der Waals surface area contributed by atoms with Gasteiger partial charge in [-0.15, -0.1) is 11.3 Å². The van der Waals surface area contributed by atoms with E-state index in [1.807, 2.05) is 35.7 Å². The maximum Gasteiger partial charge on any atom is 0.177 e. The molecule has 0 saturated heterocycles. The predicted octanol–water partition coefficient (Wildman–Crippen LogP) is 4.04. The fraction of sp³-hybridized carbons (Fsp3) is 0.158. The molecule has 0 atom stereocenters. The smallest absolute Gasteiger partial charge is 0.177 e. The Hall–Kier alpha value is -3.44. The van der Waals surface area contributed by atoms with E-state index < -0.39 is 0 Å². The Labute approximate surface area is 159 Å². The van der Waals surface area contributed by atoms with E-state index in [2.05, 4.69) is 31.8 Å². The molecule has 132 valence electrons. The monoisotopic (exact) mass is 373 g/mol. The molecule has 27 heavy (non-hydrogen) atoms. The van der Waals surface area contributed by atoms with Gasteiger partial charge in [0.25, 0.3) is 0 Å². The quantitative estimate of drug-likeness (QED) is 0.549. The molecule has 0 spiro atoms. The summed E-state index contributed by atoms with van der Waals surface area (Å²) in [5, 5.41) is 23.4. The maximum absolute atomic E-state index is 9.34. The summed E-state index contributed by atoms with van der Waals surface area (Å²) in [6.07, 6.45) is 5.64. The van der Waals surface area contributed by atoms with Gasteiger partial charge in [-0.05, 0) is 25.0 Å². The summed E-state index contributed by atoms with van der Waals surface area (Å²) in [6, 6.07) is 12.6. The molecular weight excluding hydrogens is 358 g/mol. The van der Waals surface area contributed by atoms with Crippen LogP contribution in [0.25, 0.3) is 16.2 Å². The molecule has 0 aliphatic heterocycles. The highest BCUT2D eigenvalue weighted by atomic mass is 32.1. The number of nitrogens with zero attached hydrogens (tertiary/aromatic N) is 5. The zero-order valence-electron chi connectivity index (χ0n) is 14.3. The molecule has 2 N–H and O–H groups in total. The Morgan fingerprint density at radius 2 is 2.19 bits per heavy atom. The fourth-order valence-corrected chi connectivity index (χ4v) is 3.52. The number of hydrogen-bond donors (Lipinski definition) is 2. The molecule has 7 nitrogen and oxygen atoms in total. The van der Waals surface area contributed by atoms with Crippen molar-refractivity contribution >= 4 is 34.3 Å². The van der Waals surface area contributed by atoms with E-state index in [4.69, 9.17) is 0 Å². The van der Waals surface area contributed by atoms with E-state index >= 15 is 0 Å². The summed E-state index contributed by atoms with van der Waals surface area (Å²) in [5.41, 5.74) is 2.96. The van der Waals surface area contributed by atoms with Crippen LogP contribution in [0.4, 0.5) is 17.3 Å². The van der Waals surface area contributed by atoms with Crippen molar-refractivity contribution in [2.45, 2.75) is 18.9 Å². The molecule has 1 aliphatic rings. The van der Waals surface area contributed by atoms with Gasteiger partial charge in [-0.3, -0.25) is 0 Å². The molecule has 1 saturated carbocycles. The van der Waals surface area contributed by atoms with Gasteiger partial charge in [0.1, 0.15) is 28.3 Å². The molecule has 8 heteroatoms. The van der Waals surface area contributed by atoms with Crippen LogP contribution < -0.4 is 10.6 Å². The minimum Gasteiger partial charge on any atom is -0.367 e. The first-order chi connectivity index (χ1) is 13.3. The molecule has 3 aromatic heterocycles. The Bertz CT molecular complexity index is 1150. The summed E-state index contributed by atoms with van der Waals surface area (Å²) in [6.45, 7) is 0. The van der Waals surface area contributed by atoms with Gasteiger partial charge in [0, 0.05) is 34.9 Å². The van der Waals surface area contributed by atoms with Gasteiger partial charge in [0.15, 0.2) is 5.65 Å². The van der Waals surface area contributed by atoms with Crippen LogP contribution in [0.5, 0.6) is 0 Å². The second-order valence-electron chi connectivity index (χ2n) is 6.39. The Morgan fingerprint density at radius 1 is 1.26 bits per heavy atom. The lowest BCUT2D eigenvalue weighted by atomic mass is 10.2. The van der Waals surface area contributed by atoms with Crippen molar-refractivity contribution in [3.8, 4) is 16.6 Å². The Balaban J connectivity index is 1.53. The van der Waals surface area contributed by atoms with Gasteiger partial charge in [-0.2, -0.15) is 14.9 Å². The van der Waals surface area contributed by atoms with Crippen LogP contribution in [0.2, 0.25) is 0 Å². The number of fused-ring (bicyclic) bond motifs is 1. The number of hydrogen-bond acceptors (Lipinski definition) is 7. The van der Waals surface area contributed by atoms with Crippen molar-refractivity contribution in [3.63, 3.8) is 0 Å². The third-order valence-electron chi connectivity index (χ3n) is 4.34. The summed E-state index contributed by atoms with van der Waals surface area (Å²) in [7, 11) is 0. The predicted molar refractivity (Wildman–Crippen MR) is 105 cm³/mol. The normalized spacial score (nSPS) is 13.4. The SMILES string of the molecule is N#Cc1cnn2c(NC3CC3)cc(Nc3cccc(-c4nccs4)c3)nc12. The van der Waals surface area contributed by atoms with Crippen molar-refractivity contribution in [2.75, 3.05) is 10.6 Å². The molecule has 0 amide bonds. The maximum atomic E-state index is 9.34. The van der Waals surface area contributed by atoms with Gasteiger partial charge in [0.2, 0.25) is 0 Å². The highest BCUT2D eigenvalue weighted by molar-refractivity contribution is 7.13. The van der Waals surface area contributed by atoms with Crippen molar-refractivity contribution in [3.05, 3.63) is 53.7 Å². The third kappa shape index (κ3) is 3.09. The van der Waals surface area contributed by atoms with Crippen LogP contribution in [0, 0.1) is 11.3 Å². The summed E-state index contributed by atoms with van der Waals surface area (Å²) in [4.78, 5) is 8.96. The van der Waals surface area contributed by atoms with Crippen LogP contribution in [0.15, 0.2) is 48.1 Å². The number of rotatable bonds is 5. The molecule has 0 radical (unpaired) electrons. The molecule has 1 aromatic carbocycles. The largest absolute Gasteiger partial charge is 0.367 e. The van der Waals surface area contributed by atoms with Crippen LogP contribution >= 0.6 is 11.3 Å². The van der Waals surface area contributed by atoms with Gasteiger partial charge in [-0.1, -0.05) is 12.1 Å². The average molecular weight is 373 g/mol. The van der Waals surface area contributed by atoms with E-state index in [9.17, 15) is 5.26 Å². The molecule has 1 aliphatic carbocycles. The first-order valence-electron chi connectivity index (χ1n) is 8.62. The minimum atomic E-state index is 0.453. The first-order valence-corrected chi connectivity index (χ1v) is 9.50. The molecule has 1 fully saturated rings. The van der Waals surface area contributed by atoms with Gasteiger partial charge >= 0.3 is 0 Å². The topological polar surface area (TPSA) is 90.9 Å². The summed E-state index contributed by atoms with van der Waals surface area (Å²) >= 11 is 1.60. The van der Waals surface area contributed by atoms with E-state index in [1.165, 1.54) is 0 Å². The molecule has 4 aromatic rings. The second kappa shape index (κ2) is 6.37. The lowest BCUT2D eigenvalue weighted by Gasteiger charge is -2.12. The molecule has 0 unspecified atom stereocenters. The lowest BCUT2D eigenvalue weighted by Crippen LogP contribution is -2.09. The van der Waals surface area contributed by atoms with Crippen molar-refractivity contribution in [1.29, 1.82) is 5.26 Å². The van der Waals surface area contributed by atoms with Crippen LogP contribution in [0.1, 0.15) is 18.4 Å². The zero-order valence-corrected chi connectivity index (χ0v) is 15.1. The second-order valence-corrected chi connectivity index (χ2v) is 7.29. The Kier molecular flexibility index (Phi) is 3.73. The minimum absolute atomic E-state index is 0.453. The van der Waals surface area contributed by atoms with Crippen LogP contribution in [0.3, 0.4) is 0 Å². The standard InChI is InChI=1S/C19H15N7S/c20-10-13-11-22-26-17(24-14-4-5-14)9-16(25-18(13)26)23-15-3-1-2-12(8-15)19-21-6-7-27-19/h1-3,6-9,11,14,24H,4-5H2,(H,23,25). The highest BCUT2D eigenvalue weighted by Crippen LogP contribution is 2.29. The number of anilines is 3. The van der Waals surface area contributed by atoms with Crippen molar-refractivity contribution in [1.82, 2.24) is 19.6 Å². The lowest BCUT2D eigenvalue weighted by molar-refractivity contribution is 0.926. The number of benzene rings is 1. The molecule has 5 rings (SSSR count). The van der Waals surface area contributed by atoms with Crippen LogP contribution in [-0.2, 0) is 0 Å². The number of nitrogens with one attached hydrogen (secondary N) is 2. The zero-order chi connectivity index (χ0) is 18.2. The van der Waals surface area contributed by atoms with E-state index in [0.29, 0.717) is 23.1 Å². The highest BCUT2D eigenvalue weighted by Gasteiger charge is 2.23. The number of aromatic nitrogens is 4. The molecule has 3 heterocycles. The van der Waals surface area contributed by atoms with E-state index in [1.54, 1.807) is 28.2 Å². The summed E-state index contributed by atoms with van der Waals surface area (Å²) < 4.78 is 1.69. The first kappa shape index (κ1) is 15.8. The third-order valence-corrected chi connectivity index (χ3v) is 5.16. The van der Waals surface area contributed by atoms with Gasteiger partial charge in [0.05, 0.1) is 6.20 Å². The average Bonchev–Trinajstić information content (AvgIpc) is 3.18. The summed E-state index contributed by atoms with van der Waals surface area (Å²) in [5.74, 6) is 1.50. The Morgan fingerprint density at radius 3 is 2.96 bits per heavy atom. The van der Waals surface area contributed by atoms with E-state index in [0.717, 1.165) is 34.9 Å². The molecule has 0 bridgehead atoms. The fourth-order valence-electron chi connectivity index (χ4n) is 2.89.